The van der Waals surface area contributed by atoms with E-state index in [-0.39, 0.29) is 11.9 Å². The van der Waals surface area contributed by atoms with Crippen LogP contribution in [0.4, 0.5) is 0 Å². The Morgan fingerprint density at radius 2 is 1.88 bits per heavy atom. The van der Waals surface area contributed by atoms with Gasteiger partial charge in [-0.15, -0.1) is 0 Å². The van der Waals surface area contributed by atoms with Crippen LogP contribution in [-0.4, -0.2) is 28.6 Å². The van der Waals surface area contributed by atoms with E-state index in [2.05, 4.69) is 5.16 Å². The van der Waals surface area contributed by atoms with Gasteiger partial charge in [0, 0.05) is 18.2 Å². The van der Waals surface area contributed by atoms with Crippen LogP contribution in [0.25, 0.3) is 11.3 Å². The van der Waals surface area contributed by atoms with Crippen LogP contribution >= 0.6 is 23.2 Å². The molecule has 0 radical (unpaired) electrons. The molecule has 1 heterocycles. The van der Waals surface area contributed by atoms with Crippen molar-refractivity contribution in [3.63, 3.8) is 0 Å². The fourth-order valence-corrected chi connectivity index (χ4v) is 4.20. The Morgan fingerprint density at radius 1 is 1.24 bits per heavy atom. The summed E-state index contributed by atoms with van der Waals surface area (Å²) in [4.78, 5) is 15.3. The lowest BCUT2D eigenvalue weighted by atomic mass is 9.93. The van der Waals surface area contributed by atoms with E-state index < -0.39 is 0 Å². The molecule has 1 aromatic heterocycles. The highest BCUT2D eigenvalue weighted by molar-refractivity contribution is 6.39. The monoisotopic (exact) mass is 380 g/mol. The summed E-state index contributed by atoms with van der Waals surface area (Å²) >= 11 is 12.6. The molecule has 0 bridgehead atoms. The minimum Gasteiger partial charge on any atom is -0.360 e. The number of nitrogens with zero attached hydrogens (tertiary/aromatic N) is 2. The molecule has 1 saturated carbocycles. The summed E-state index contributed by atoms with van der Waals surface area (Å²) in [5.41, 5.74) is 1.43. The molecule has 0 aliphatic heterocycles. The molecule has 2 aromatic rings. The van der Waals surface area contributed by atoms with Gasteiger partial charge in [-0.05, 0) is 38.8 Å². The average molecular weight is 381 g/mol. The molecule has 1 amide bonds. The highest BCUT2D eigenvalue weighted by atomic mass is 35.5. The van der Waals surface area contributed by atoms with Gasteiger partial charge in [0.2, 0.25) is 0 Å². The van der Waals surface area contributed by atoms with E-state index in [1.165, 1.54) is 19.3 Å². The summed E-state index contributed by atoms with van der Waals surface area (Å²) in [6.45, 7) is 4.42. The Bertz CT molecular complexity index is 747. The van der Waals surface area contributed by atoms with Gasteiger partial charge >= 0.3 is 0 Å². The van der Waals surface area contributed by atoms with Gasteiger partial charge in [-0.25, -0.2) is 0 Å². The predicted octanol–water partition coefficient (Wildman–Crippen LogP) is 5.75. The normalized spacial score (nSPS) is 15.4. The van der Waals surface area contributed by atoms with Crippen molar-refractivity contribution in [1.29, 1.82) is 0 Å². The average Bonchev–Trinajstić information content (AvgIpc) is 2.97. The number of rotatable bonds is 4. The van der Waals surface area contributed by atoms with Gasteiger partial charge < -0.3 is 9.42 Å². The summed E-state index contributed by atoms with van der Waals surface area (Å²) in [6.07, 6.45) is 5.67. The molecular formula is C19H22Cl2N2O2. The van der Waals surface area contributed by atoms with Crippen LogP contribution in [0.2, 0.25) is 10.0 Å². The van der Waals surface area contributed by atoms with Crippen molar-refractivity contribution in [2.75, 3.05) is 6.54 Å². The molecule has 6 heteroatoms. The fraction of sp³-hybridized carbons (Fsp3) is 0.474. The van der Waals surface area contributed by atoms with Crippen molar-refractivity contribution >= 4 is 29.1 Å². The van der Waals surface area contributed by atoms with Gasteiger partial charge in [0.05, 0.1) is 10.0 Å². The molecule has 1 aliphatic rings. The molecule has 25 heavy (non-hydrogen) atoms. The molecule has 3 rings (SSSR count). The van der Waals surface area contributed by atoms with Gasteiger partial charge in [-0.3, -0.25) is 4.79 Å². The predicted molar refractivity (Wildman–Crippen MR) is 100 cm³/mol. The van der Waals surface area contributed by atoms with Crippen LogP contribution in [0.1, 0.15) is 55.1 Å². The van der Waals surface area contributed by atoms with Gasteiger partial charge in [0.1, 0.15) is 17.0 Å². The smallest absolute Gasteiger partial charge is 0.259 e. The minimum absolute atomic E-state index is 0.0564. The maximum Gasteiger partial charge on any atom is 0.259 e. The fourth-order valence-electron chi connectivity index (χ4n) is 3.62. The second-order valence-corrected chi connectivity index (χ2v) is 7.26. The molecule has 0 atom stereocenters. The number of halogens is 2. The lowest BCUT2D eigenvalue weighted by Gasteiger charge is -2.33. The summed E-state index contributed by atoms with van der Waals surface area (Å²) in [5, 5.41) is 5.01. The Hall–Kier alpha value is -1.52. The van der Waals surface area contributed by atoms with Crippen LogP contribution < -0.4 is 0 Å². The third-order valence-corrected chi connectivity index (χ3v) is 5.52. The summed E-state index contributed by atoms with van der Waals surface area (Å²) < 4.78 is 5.35. The lowest BCUT2D eigenvalue weighted by molar-refractivity contribution is 0.0647. The zero-order valence-corrected chi connectivity index (χ0v) is 16.0. The highest BCUT2D eigenvalue weighted by Gasteiger charge is 2.31. The van der Waals surface area contributed by atoms with Crippen molar-refractivity contribution in [1.82, 2.24) is 10.1 Å². The van der Waals surface area contributed by atoms with Crippen LogP contribution in [-0.2, 0) is 0 Å². The van der Waals surface area contributed by atoms with Gasteiger partial charge in [-0.1, -0.05) is 53.7 Å². The second-order valence-electron chi connectivity index (χ2n) is 6.44. The number of hydrogen-bond acceptors (Lipinski definition) is 3. The Balaban J connectivity index is 2.02. The Labute approximate surface area is 158 Å². The zero-order chi connectivity index (χ0) is 18.0. The van der Waals surface area contributed by atoms with Crippen molar-refractivity contribution in [3.05, 3.63) is 39.6 Å². The van der Waals surface area contributed by atoms with E-state index in [9.17, 15) is 4.79 Å². The van der Waals surface area contributed by atoms with Gasteiger partial charge in [0.15, 0.2) is 0 Å². The summed E-state index contributed by atoms with van der Waals surface area (Å²) in [5.74, 6) is 0.435. The van der Waals surface area contributed by atoms with Gasteiger partial charge in [-0.2, -0.15) is 0 Å². The molecular weight excluding hydrogens is 359 g/mol. The maximum absolute atomic E-state index is 13.3. The summed E-state index contributed by atoms with van der Waals surface area (Å²) in [6, 6.07) is 5.51. The van der Waals surface area contributed by atoms with Crippen molar-refractivity contribution in [2.24, 2.45) is 0 Å². The third-order valence-electron chi connectivity index (χ3n) is 4.89. The zero-order valence-electron chi connectivity index (χ0n) is 14.5. The lowest BCUT2D eigenvalue weighted by Crippen LogP contribution is -2.41. The Morgan fingerprint density at radius 3 is 2.48 bits per heavy atom. The quantitative estimate of drug-likeness (QED) is 0.677. The highest BCUT2D eigenvalue weighted by Crippen LogP contribution is 2.37. The first-order valence-electron chi connectivity index (χ1n) is 8.76. The summed E-state index contributed by atoms with van der Waals surface area (Å²) in [7, 11) is 0. The minimum atomic E-state index is -0.0564. The topological polar surface area (TPSA) is 46.3 Å². The second kappa shape index (κ2) is 7.79. The van der Waals surface area contributed by atoms with E-state index in [1.54, 1.807) is 25.1 Å². The number of carbonyl (C=O) groups is 1. The first-order chi connectivity index (χ1) is 12.0. The van der Waals surface area contributed by atoms with E-state index in [0.29, 0.717) is 39.2 Å². The SMILES string of the molecule is CCN(C(=O)c1c(-c2c(Cl)cccc2Cl)noc1C)C1CCCCC1. The number of benzene rings is 1. The van der Waals surface area contributed by atoms with E-state index in [0.717, 1.165) is 12.8 Å². The molecule has 0 N–H and O–H groups in total. The third kappa shape index (κ3) is 3.56. The van der Waals surface area contributed by atoms with Crippen molar-refractivity contribution < 1.29 is 9.32 Å². The van der Waals surface area contributed by atoms with Crippen LogP contribution in [0, 0.1) is 6.92 Å². The first kappa shape index (κ1) is 18.3. The number of aromatic nitrogens is 1. The largest absolute Gasteiger partial charge is 0.360 e. The molecule has 1 aromatic carbocycles. The number of hydrogen-bond donors (Lipinski definition) is 0. The molecule has 0 unspecified atom stereocenters. The molecule has 1 aliphatic carbocycles. The van der Waals surface area contributed by atoms with Crippen LogP contribution in [0.15, 0.2) is 22.7 Å². The molecule has 4 nitrogen and oxygen atoms in total. The molecule has 134 valence electrons. The maximum atomic E-state index is 13.3. The number of amides is 1. The van der Waals surface area contributed by atoms with Crippen molar-refractivity contribution in [2.45, 2.75) is 52.0 Å². The van der Waals surface area contributed by atoms with E-state index >= 15 is 0 Å². The van der Waals surface area contributed by atoms with Gasteiger partial charge in [0.25, 0.3) is 5.91 Å². The van der Waals surface area contributed by atoms with E-state index in [4.69, 9.17) is 27.7 Å². The molecule has 0 saturated heterocycles. The van der Waals surface area contributed by atoms with E-state index in [1.807, 2.05) is 11.8 Å². The standard InChI is InChI=1S/C19H22Cl2N2O2/c1-3-23(13-8-5-4-6-9-13)19(24)16-12(2)25-22-18(16)17-14(20)10-7-11-15(17)21/h7,10-11,13H,3-6,8-9H2,1-2H3. The number of aryl methyl sites for hydroxylation is 1. The first-order valence-corrected chi connectivity index (χ1v) is 9.51. The molecule has 0 spiro atoms. The van der Waals surface area contributed by atoms with Crippen LogP contribution in [0.3, 0.4) is 0 Å². The van der Waals surface area contributed by atoms with Crippen LogP contribution in [0.5, 0.6) is 0 Å². The Kier molecular flexibility index (Phi) is 5.70. The molecule has 1 fully saturated rings. The van der Waals surface area contributed by atoms with Crippen molar-refractivity contribution in [3.8, 4) is 11.3 Å². The number of carbonyl (C=O) groups excluding carboxylic acids is 1.